The van der Waals surface area contributed by atoms with Gasteiger partial charge in [-0.15, -0.1) is 0 Å². The van der Waals surface area contributed by atoms with Crippen LogP contribution in [0.25, 0.3) is 0 Å². The highest BCUT2D eigenvalue weighted by molar-refractivity contribution is 9.10. The summed E-state index contributed by atoms with van der Waals surface area (Å²) in [6.07, 6.45) is 0. The van der Waals surface area contributed by atoms with Crippen molar-refractivity contribution in [3.8, 4) is 0 Å². The van der Waals surface area contributed by atoms with Gasteiger partial charge in [-0.2, -0.15) is 4.31 Å². The molecule has 0 atom stereocenters. The number of carbonyl (C=O) groups is 1. The Morgan fingerprint density at radius 2 is 1.75 bits per heavy atom. The van der Waals surface area contributed by atoms with Gasteiger partial charge in [0.25, 0.3) is 0 Å². The maximum atomic E-state index is 12.4. The van der Waals surface area contributed by atoms with Gasteiger partial charge >= 0.3 is 5.97 Å². The van der Waals surface area contributed by atoms with Gasteiger partial charge in [0.15, 0.2) is 0 Å². The van der Waals surface area contributed by atoms with Crippen LogP contribution < -0.4 is 0 Å². The molecule has 0 aliphatic carbocycles. The molecular formula is C11H14BrNO6S. The zero-order valence-electron chi connectivity index (χ0n) is 10.4. The third-order valence-electron chi connectivity index (χ3n) is 2.49. The average molecular weight is 368 g/mol. The number of carboxylic acids is 1. The van der Waals surface area contributed by atoms with Crippen molar-refractivity contribution in [1.29, 1.82) is 0 Å². The summed E-state index contributed by atoms with van der Waals surface area (Å²) in [6, 6.07) is 3.63. The first-order chi connectivity index (χ1) is 9.34. The van der Waals surface area contributed by atoms with Crippen LogP contribution in [-0.4, -0.2) is 60.3 Å². The molecule has 0 spiro atoms. The summed E-state index contributed by atoms with van der Waals surface area (Å²) in [5, 5.41) is 26.7. The molecule has 0 radical (unpaired) electrons. The van der Waals surface area contributed by atoms with Gasteiger partial charge in [-0.3, -0.25) is 0 Å². The van der Waals surface area contributed by atoms with E-state index in [1.54, 1.807) is 0 Å². The Morgan fingerprint density at radius 3 is 2.20 bits per heavy atom. The molecule has 0 aromatic heterocycles. The molecule has 7 nitrogen and oxygen atoms in total. The van der Waals surface area contributed by atoms with E-state index >= 15 is 0 Å². The second kappa shape index (κ2) is 7.14. The van der Waals surface area contributed by atoms with Crippen molar-refractivity contribution >= 4 is 31.9 Å². The van der Waals surface area contributed by atoms with Crippen LogP contribution in [0.1, 0.15) is 10.4 Å². The van der Waals surface area contributed by atoms with Crippen molar-refractivity contribution in [3.63, 3.8) is 0 Å². The molecule has 0 aliphatic heterocycles. The number of hydrogen-bond acceptors (Lipinski definition) is 5. The van der Waals surface area contributed by atoms with Gasteiger partial charge in [0, 0.05) is 17.6 Å². The smallest absolute Gasteiger partial charge is 0.335 e. The van der Waals surface area contributed by atoms with E-state index in [1.807, 2.05) is 0 Å². The van der Waals surface area contributed by atoms with Gasteiger partial charge in [0.1, 0.15) is 0 Å². The zero-order valence-corrected chi connectivity index (χ0v) is 12.8. The fourth-order valence-corrected chi connectivity index (χ4v) is 3.92. The lowest BCUT2D eigenvalue weighted by molar-refractivity contribution is 0.0696. The van der Waals surface area contributed by atoms with Crippen molar-refractivity contribution < 1.29 is 28.5 Å². The summed E-state index contributed by atoms with van der Waals surface area (Å²) in [5.41, 5.74) is -0.167. The Morgan fingerprint density at radius 1 is 1.20 bits per heavy atom. The van der Waals surface area contributed by atoms with E-state index in [4.69, 9.17) is 15.3 Å². The number of aromatic carboxylic acids is 1. The Bertz CT molecular complexity index is 583. The third-order valence-corrected chi connectivity index (χ3v) is 5.39. The number of hydrogen-bond donors (Lipinski definition) is 3. The van der Waals surface area contributed by atoms with Crippen molar-refractivity contribution in [2.75, 3.05) is 26.3 Å². The van der Waals surface area contributed by atoms with Gasteiger partial charge in [-0.05, 0) is 34.1 Å². The van der Waals surface area contributed by atoms with Gasteiger partial charge in [-0.25, -0.2) is 13.2 Å². The second-order valence-electron chi connectivity index (χ2n) is 3.80. The summed E-state index contributed by atoms with van der Waals surface area (Å²) in [7, 11) is -4.01. The van der Waals surface area contributed by atoms with Crippen LogP contribution in [0.4, 0.5) is 0 Å². The lowest BCUT2D eigenvalue weighted by Gasteiger charge is -2.21. The van der Waals surface area contributed by atoms with E-state index in [2.05, 4.69) is 15.9 Å². The van der Waals surface area contributed by atoms with Crippen molar-refractivity contribution in [1.82, 2.24) is 4.31 Å². The number of carboxylic acid groups (broad SMARTS) is 1. The Balaban J connectivity index is 3.32. The monoisotopic (exact) mass is 367 g/mol. The Labute approximate surface area is 124 Å². The number of nitrogens with zero attached hydrogens (tertiary/aromatic N) is 1. The van der Waals surface area contributed by atoms with Gasteiger partial charge in [0.2, 0.25) is 10.0 Å². The van der Waals surface area contributed by atoms with Crippen LogP contribution in [0, 0.1) is 0 Å². The first-order valence-electron chi connectivity index (χ1n) is 5.59. The lowest BCUT2D eigenvalue weighted by atomic mass is 10.2. The number of halogens is 1. The molecule has 0 fully saturated rings. The van der Waals surface area contributed by atoms with E-state index in [-0.39, 0.29) is 28.0 Å². The zero-order chi connectivity index (χ0) is 15.3. The summed E-state index contributed by atoms with van der Waals surface area (Å²) in [4.78, 5) is 10.7. The average Bonchev–Trinajstić information content (AvgIpc) is 2.38. The van der Waals surface area contributed by atoms with E-state index in [1.165, 1.54) is 12.1 Å². The molecule has 0 saturated carbocycles. The molecule has 0 unspecified atom stereocenters. The van der Waals surface area contributed by atoms with Crippen molar-refractivity contribution in [3.05, 3.63) is 28.2 Å². The molecule has 0 saturated heterocycles. The van der Waals surface area contributed by atoms with E-state index in [0.717, 1.165) is 10.4 Å². The van der Waals surface area contributed by atoms with Gasteiger partial charge in [-0.1, -0.05) is 0 Å². The molecule has 112 valence electrons. The predicted molar refractivity (Wildman–Crippen MR) is 74.0 cm³/mol. The summed E-state index contributed by atoms with van der Waals surface area (Å²) < 4.78 is 25.9. The summed E-state index contributed by atoms with van der Waals surface area (Å²) in [5.74, 6) is -1.25. The molecule has 1 rings (SSSR count). The quantitative estimate of drug-likeness (QED) is 0.630. The van der Waals surface area contributed by atoms with Crippen LogP contribution in [0.3, 0.4) is 0 Å². The maximum absolute atomic E-state index is 12.4. The molecule has 0 bridgehead atoms. The van der Waals surface area contributed by atoms with Crippen LogP contribution >= 0.6 is 15.9 Å². The molecule has 0 amide bonds. The first-order valence-corrected chi connectivity index (χ1v) is 7.82. The number of aliphatic hydroxyl groups is 2. The molecule has 0 aliphatic rings. The van der Waals surface area contributed by atoms with Crippen LogP contribution in [0.2, 0.25) is 0 Å². The first kappa shape index (κ1) is 17.1. The second-order valence-corrected chi connectivity index (χ2v) is 6.56. The Kier molecular flexibility index (Phi) is 6.08. The lowest BCUT2D eigenvalue weighted by Crippen LogP contribution is -2.36. The van der Waals surface area contributed by atoms with Crippen LogP contribution in [0.5, 0.6) is 0 Å². The van der Waals surface area contributed by atoms with Crippen molar-refractivity contribution in [2.24, 2.45) is 0 Å². The normalized spacial score (nSPS) is 11.8. The molecular weight excluding hydrogens is 354 g/mol. The minimum Gasteiger partial charge on any atom is -0.478 e. The molecule has 20 heavy (non-hydrogen) atoms. The van der Waals surface area contributed by atoms with E-state index in [0.29, 0.717) is 0 Å². The van der Waals surface area contributed by atoms with Gasteiger partial charge in [0.05, 0.1) is 23.7 Å². The number of rotatable bonds is 7. The maximum Gasteiger partial charge on any atom is 0.335 e. The van der Waals surface area contributed by atoms with Crippen molar-refractivity contribution in [2.45, 2.75) is 4.90 Å². The number of sulfonamides is 1. The Hall–Kier alpha value is -1.00. The number of benzene rings is 1. The predicted octanol–water partition coefficient (Wildman–Crippen LogP) is 0.123. The fraction of sp³-hybridized carbons (Fsp3) is 0.364. The highest BCUT2D eigenvalue weighted by atomic mass is 79.9. The molecule has 1 aromatic carbocycles. The highest BCUT2D eigenvalue weighted by Crippen LogP contribution is 2.26. The fourth-order valence-electron chi connectivity index (χ4n) is 1.55. The summed E-state index contributed by atoms with van der Waals surface area (Å²) in [6.45, 7) is -1.19. The molecule has 0 heterocycles. The minimum absolute atomic E-state index is 0.167. The highest BCUT2D eigenvalue weighted by Gasteiger charge is 2.26. The molecule has 3 N–H and O–H groups in total. The largest absolute Gasteiger partial charge is 0.478 e. The topological polar surface area (TPSA) is 115 Å². The standard InChI is InChI=1S/C11H14BrNO6S/c12-9-2-1-8(11(16)17)7-10(9)20(18,19)13(3-5-14)4-6-15/h1-2,7,14-15H,3-6H2,(H,16,17). The summed E-state index contributed by atoms with van der Waals surface area (Å²) >= 11 is 3.06. The van der Waals surface area contributed by atoms with Gasteiger partial charge < -0.3 is 15.3 Å². The van der Waals surface area contributed by atoms with Crippen LogP contribution in [0.15, 0.2) is 27.6 Å². The molecule has 9 heteroatoms. The van der Waals surface area contributed by atoms with Crippen LogP contribution in [-0.2, 0) is 10.0 Å². The SMILES string of the molecule is O=C(O)c1ccc(Br)c(S(=O)(=O)N(CCO)CCO)c1. The number of aliphatic hydroxyl groups excluding tert-OH is 2. The third kappa shape index (κ3) is 3.76. The van der Waals surface area contributed by atoms with E-state index < -0.39 is 29.2 Å². The minimum atomic E-state index is -4.01. The molecule has 1 aromatic rings. The van der Waals surface area contributed by atoms with E-state index in [9.17, 15) is 13.2 Å².